The van der Waals surface area contributed by atoms with Gasteiger partial charge in [-0.25, -0.2) is 0 Å². The molecule has 1 N–H and O–H groups in total. The molecule has 0 unspecified atom stereocenters. The minimum Gasteiger partial charge on any atom is -0.316 e. The van der Waals surface area contributed by atoms with Gasteiger partial charge in [0.25, 0.3) is 0 Å². The number of hydrogen-bond donors (Lipinski definition) is 1. The lowest BCUT2D eigenvalue weighted by Gasteiger charge is -2.00. The van der Waals surface area contributed by atoms with E-state index in [9.17, 15) is 0 Å². The second-order valence-electron chi connectivity index (χ2n) is 3.45. The highest BCUT2D eigenvalue weighted by atomic mass is 15.3. The molecule has 0 aromatic carbocycles. The highest BCUT2D eigenvalue weighted by Gasteiger charge is 2.08. The molecule has 2 aromatic heterocycles. The molecule has 78 valence electrons. The Morgan fingerprint density at radius 1 is 1.47 bits per heavy atom. The number of nitrogens with zero attached hydrogens (tertiary/aromatic N) is 3. The molecule has 0 saturated carbocycles. The van der Waals surface area contributed by atoms with Gasteiger partial charge in [0.15, 0.2) is 0 Å². The van der Waals surface area contributed by atoms with Crippen LogP contribution < -0.4 is 5.32 Å². The van der Waals surface area contributed by atoms with Crippen LogP contribution in [0.5, 0.6) is 0 Å². The van der Waals surface area contributed by atoms with E-state index in [-0.39, 0.29) is 0 Å². The Bertz CT molecular complexity index is 433. The number of aryl methyl sites for hydroxylation is 1. The van der Waals surface area contributed by atoms with Crippen molar-refractivity contribution in [2.24, 2.45) is 7.05 Å². The fraction of sp³-hybridized carbons (Fsp3) is 0.273. The minimum absolute atomic E-state index is 0.818. The van der Waals surface area contributed by atoms with Crippen LogP contribution in [0.15, 0.2) is 30.7 Å². The maximum atomic E-state index is 4.44. The third-order valence-corrected chi connectivity index (χ3v) is 2.21. The van der Waals surface area contributed by atoms with E-state index in [1.54, 1.807) is 6.20 Å². The lowest BCUT2D eigenvalue weighted by Crippen LogP contribution is -2.05. The van der Waals surface area contributed by atoms with Gasteiger partial charge < -0.3 is 5.32 Å². The first kappa shape index (κ1) is 9.86. The van der Waals surface area contributed by atoms with E-state index in [0.717, 1.165) is 17.8 Å². The maximum Gasteiger partial charge on any atom is 0.0983 e. The minimum atomic E-state index is 0.818. The van der Waals surface area contributed by atoms with Gasteiger partial charge in [-0.05, 0) is 19.2 Å². The molecular formula is C11H14N4. The molecule has 0 aliphatic heterocycles. The van der Waals surface area contributed by atoms with E-state index in [0.29, 0.717) is 0 Å². The molecular weight excluding hydrogens is 188 g/mol. The van der Waals surface area contributed by atoms with Crippen molar-refractivity contribution in [3.8, 4) is 11.3 Å². The summed E-state index contributed by atoms with van der Waals surface area (Å²) in [5, 5.41) is 7.57. The summed E-state index contributed by atoms with van der Waals surface area (Å²) in [4.78, 5) is 4.10. The van der Waals surface area contributed by atoms with E-state index in [1.807, 2.05) is 43.3 Å². The summed E-state index contributed by atoms with van der Waals surface area (Å²) in [6, 6.07) is 3.95. The number of hydrogen-bond acceptors (Lipinski definition) is 3. The van der Waals surface area contributed by atoms with Crippen LogP contribution in [0.2, 0.25) is 0 Å². The van der Waals surface area contributed by atoms with Gasteiger partial charge in [0.05, 0.1) is 5.69 Å². The van der Waals surface area contributed by atoms with Crippen molar-refractivity contribution in [1.82, 2.24) is 20.1 Å². The Labute approximate surface area is 89.0 Å². The normalized spacial score (nSPS) is 10.5. The van der Waals surface area contributed by atoms with Crippen LogP contribution >= 0.6 is 0 Å². The number of nitrogens with one attached hydrogen (secondary N) is 1. The van der Waals surface area contributed by atoms with Crippen molar-refractivity contribution in [1.29, 1.82) is 0 Å². The summed E-state index contributed by atoms with van der Waals surface area (Å²) in [7, 11) is 3.86. The van der Waals surface area contributed by atoms with Crippen LogP contribution in [0.4, 0.5) is 0 Å². The van der Waals surface area contributed by atoms with Gasteiger partial charge in [-0.1, -0.05) is 0 Å². The van der Waals surface area contributed by atoms with Crippen molar-refractivity contribution in [2.75, 3.05) is 7.05 Å². The van der Waals surface area contributed by atoms with Crippen LogP contribution in [0, 0.1) is 0 Å². The lowest BCUT2D eigenvalue weighted by molar-refractivity contribution is 0.765. The molecule has 2 rings (SSSR count). The molecule has 0 fully saturated rings. The van der Waals surface area contributed by atoms with Gasteiger partial charge in [-0.3, -0.25) is 9.67 Å². The average molecular weight is 202 g/mol. The first-order valence-electron chi connectivity index (χ1n) is 4.89. The van der Waals surface area contributed by atoms with Crippen molar-refractivity contribution in [2.45, 2.75) is 6.54 Å². The molecule has 2 aromatic rings. The standard InChI is InChI=1S/C11H14N4/c1-12-6-10-8-15(2)14-11(10)9-4-3-5-13-7-9/h3-5,7-8,12H,6H2,1-2H3. The summed E-state index contributed by atoms with van der Waals surface area (Å²) in [5.74, 6) is 0. The number of rotatable bonds is 3. The van der Waals surface area contributed by atoms with Crippen molar-refractivity contribution >= 4 is 0 Å². The van der Waals surface area contributed by atoms with Crippen LogP contribution in [0.3, 0.4) is 0 Å². The van der Waals surface area contributed by atoms with Crippen LogP contribution in [-0.4, -0.2) is 21.8 Å². The van der Waals surface area contributed by atoms with E-state index in [2.05, 4.69) is 15.4 Å². The summed E-state index contributed by atoms with van der Waals surface area (Å²) < 4.78 is 1.83. The second kappa shape index (κ2) is 4.23. The zero-order chi connectivity index (χ0) is 10.7. The van der Waals surface area contributed by atoms with E-state index in [4.69, 9.17) is 0 Å². The molecule has 0 aliphatic rings. The first-order chi connectivity index (χ1) is 7.31. The van der Waals surface area contributed by atoms with Crippen LogP contribution in [0.25, 0.3) is 11.3 Å². The molecule has 0 radical (unpaired) electrons. The van der Waals surface area contributed by atoms with Gasteiger partial charge in [0.1, 0.15) is 0 Å². The summed E-state index contributed by atoms with van der Waals surface area (Å²) in [6.07, 6.45) is 5.63. The van der Waals surface area contributed by atoms with Gasteiger partial charge in [-0.15, -0.1) is 0 Å². The Morgan fingerprint density at radius 2 is 2.33 bits per heavy atom. The largest absolute Gasteiger partial charge is 0.316 e. The second-order valence-corrected chi connectivity index (χ2v) is 3.45. The van der Waals surface area contributed by atoms with Crippen molar-refractivity contribution in [3.63, 3.8) is 0 Å². The fourth-order valence-corrected chi connectivity index (χ4v) is 1.60. The molecule has 0 saturated heterocycles. The van der Waals surface area contributed by atoms with E-state index in [1.165, 1.54) is 5.56 Å². The Kier molecular flexibility index (Phi) is 2.78. The van der Waals surface area contributed by atoms with Gasteiger partial charge >= 0.3 is 0 Å². The third kappa shape index (κ3) is 2.05. The molecule has 4 nitrogen and oxygen atoms in total. The quantitative estimate of drug-likeness (QED) is 0.813. The lowest BCUT2D eigenvalue weighted by atomic mass is 10.1. The van der Waals surface area contributed by atoms with Crippen LogP contribution in [0.1, 0.15) is 5.56 Å². The monoisotopic (exact) mass is 202 g/mol. The molecule has 4 heteroatoms. The SMILES string of the molecule is CNCc1cn(C)nc1-c1cccnc1. The number of aromatic nitrogens is 3. The first-order valence-corrected chi connectivity index (χ1v) is 4.89. The molecule has 2 heterocycles. The summed E-state index contributed by atoms with van der Waals surface area (Å²) in [6.45, 7) is 0.818. The highest BCUT2D eigenvalue weighted by molar-refractivity contribution is 5.61. The Morgan fingerprint density at radius 3 is 3.00 bits per heavy atom. The molecule has 0 amide bonds. The van der Waals surface area contributed by atoms with Crippen LogP contribution in [-0.2, 0) is 13.6 Å². The predicted molar refractivity (Wildman–Crippen MR) is 59.2 cm³/mol. The molecule has 0 spiro atoms. The van der Waals surface area contributed by atoms with Crippen molar-refractivity contribution in [3.05, 3.63) is 36.3 Å². The number of pyridine rings is 1. The van der Waals surface area contributed by atoms with E-state index < -0.39 is 0 Å². The van der Waals surface area contributed by atoms with Gasteiger partial charge in [0, 0.05) is 43.3 Å². The molecule has 0 aliphatic carbocycles. The molecule has 0 atom stereocenters. The fourth-order valence-electron chi connectivity index (χ4n) is 1.60. The average Bonchev–Trinajstić information content (AvgIpc) is 2.62. The van der Waals surface area contributed by atoms with Gasteiger partial charge in [0.2, 0.25) is 0 Å². The molecule has 0 bridgehead atoms. The zero-order valence-electron chi connectivity index (χ0n) is 8.94. The smallest absolute Gasteiger partial charge is 0.0983 e. The Balaban J connectivity index is 2.43. The topological polar surface area (TPSA) is 42.7 Å². The van der Waals surface area contributed by atoms with Gasteiger partial charge in [-0.2, -0.15) is 5.10 Å². The predicted octanol–water partition coefficient (Wildman–Crippen LogP) is 1.20. The van der Waals surface area contributed by atoms with Crippen molar-refractivity contribution < 1.29 is 0 Å². The van der Waals surface area contributed by atoms with E-state index >= 15 is 0 Å². The summed E-state index contributed by atoms with van der Waals surface area (Å²) in [5.41, 5.74) is 3.25. The Hall–Kier alpha value is -1.68. The summed E-state index contributed by atoms with van der Waals surface area (Å²) >= 11 is 0. The highest BCUT2D eigenvalue weighted by Crippen LogP contribution is 2.20. The third-order valence-electron chi connectivity index (χ3n) is 2.21. The molecule has 15 heavy (non-hydrogen) atoms. The maximum absolute atomic E-state index is 4.44. The zero-order valence-corrected chi connectivity index (χ0v) is 8.94.